The zero-order valence-electron chi connectivity index (χ0n) is 15.8. The molecule has 1 aromatic heterocycles. The van der Waals surface area contributed by atoms with Crippen molar-refractivity contribution in [2.75, 3.05) is 19.6 Å². The molecule has 2 amide bonds. The van der Waals surface area contributed by atoms with Crippen molar-refractivity contribution in [3.63, 3.8) is 0 Å². The van der Waals surface area contributed by atoms with Gasteiger partial charge in [0.2, 0.25) is 5.91 Å². The molecule has 0 radical (unpaired) electrons. The highest BCUT2D eigenvalue weighted by molar-refractivity contribution is 7.13. The van der Waals surface area contributed by atoms with E-state index in [4.69, 9.17) is 0 Å². The number of carbonyl (C=O) groups excluding carboxylic acids is 2. The molecule has 3 rings (SSSR count). The largest absolute Gasteiger partial charge is 0.350 e. The number of benzene rings is 1. The second-order valence-corrected chi connectivity index (χ2v) is 8.26. The Morgan fingerprint density at radius 3 is 2.44 bits per heavy atom. The molecule has 2 heterocycles. The van der Waals surface area contributed by atoms with E-state index in [9.17, 15) is 9.59 Å². The normalized spacial score (nSPS) is 14.7. The lowest BCUT2D eigenvalue weighted by Crippen LogP contribution is -2.36. The standard InChI is InChI=1S/C21H27N3O2S/c1-16-9-10-19(27-16)21(26)23-14-20(25)22-13-17-7-3-4-8-18(17)15-24-11-5-2-6-12-24/h3-4,7-10H,2,5-6,11-15H2,1H3,(H,22,25)(H,23,26). The predicted octanol–water partition coefficient (Wildman–Crippen LogP) is 3.09. The fourth-order valence-corrected chi connectivity index (χ4v) is 4.09. The van der Waals surface area contributed by atoms with Crippen LogP contribution in [0.25, 0.3) is 0 Å². The number of aryl methyl sites for hydroxylation is 1. The van der Waals surface area contributed by atoms with E-state index in [-0.39, 0.29) is 18.4 Å². The smallest absolute Gasteiger partial charge is 0.261 e. The summed E-state index contributed by atoms with van der Waals surface area (Å²) >= 11 is 1.43. The minimum Gasteiger partial charge on any atom is -0.350 e. The van der Waals surface area contributed by atoms with Gasteiger partial charge in [0, 0.05) is 18.0 Å². The maximum atomic E-state index is 12.1. The van der Waals surface area contributed by atoms with Crippen LogP contribution in [0.15, 0.2) is 36.4 Å². The Hall–Kier alpha value is -2.18. The van der Waals surface area contributed by atoms with Gasteiger partial charge in [-0.1, -0.05) is 30.7 Å². The monoisotopic (exact) mass is 385 g/mol. The molecule has 1 aliphatic heterocycles. The number of carbonyl (C=O) groups is 2. The highest BCUT2D eigenvalue weighted by Gasteiger charge is 2.13. The molecule has 5 nitrogen and oxygen atoms in total. The van der Waals surface area contributed by atoms with Crippen molar-refractivity contribution in [2.45, 2.75) is 39.3 Å². The van der Waals surface area contributed by atoms with E-state index in [1.807, 2.05) is 25.1 Å². The van der Waals surface area contributed by atoms with E-state index in [0.29, 0.717) is 11.4 Å². The van der Waals surface area contributed by atoms with Crippen LogP contribution >= 0.6 is 11.3 Å². The maximum absolute atomic E-state index is 12.1. The number of piperidine rings is 1. The van der Waals surface area contributed by atoms with Gasteiger partial charge in [0.05, 0.1) is 11.4 Å². The first-order valence-corrected chi connectivity index (χ1v) is 10.3. The summed E-state index contributed by atoms with van der Waals surface area (Å²) in [6.07, 6.45) is 3.86. The first-order valence-electron chi connectivity index (χ1n) is 9.52. The molecule has 1 aromatic carbocycles. The summed E-state index contributed by atoms with van der Waals surface area (Å²) < 4.78 is 0. The summed E-state index contributed by atoms with van der Waals surface area (Å²) in [5.41, 5.74) is 2.40. The van der Waals surface area contributed by atoms with Gasteiger partial charge in [-0.05, 0) is 56.1 Å². The van der Waals surface area contributed by atoms with Crippen LogP contribution in [0, 0.1) is 6.92 Å². The van der Waals surface area contributed by atoms with Gasteiger partial charge in [0.25, 0.3) is 5.91 Å². The molecule has 1 aliphatic rings. The van der Waals surface area contributed by atoms with Gasteiger partial charge in [-0.2, -0.15) is 0 Å². The number of nitrogens with one attached hydrogen (secondary N) is 2. The summed E-state index contributed by atoms with van der Waals surface area (Å²) in [4.78, 5) is 28.3. The third-order valence-corrected chi connectivity index (χ3v) is 5.81. The third-order valence-electron chi connectivity index (χ3n) is 4.81. The highest BCUT2D eigenvalue weighted by atomic mass is 32.1. The molecule has 0 unspecified atom stereocenters. The van der Waals surface area contributed by atoms with Gasteiger partial charge >= 0.3 is 0 Å². The summed E-state index contributed by atoms with van der Waals surface area (Å²) in [6.45, 7) is 5.65. The van der Waals surface area contributed by atoms with Gasteiger partial charge in [0.15, 0.2) is 0 Å². The maximum Gasteiger partial charge on any atom is 0.261 e. The van der Waals surface area contributed by atoms with Crippen molar-refractivity contribution in [2.24, 2.45) is 0 Å². The quantitative estimate of drug-likeness (QED) is 0.770. The lowest BCUT2D eigenvalue weighted by molar-refractivity contribution is -0.120. The molecule has 6 heteroatoms. The molecule has 1 saturated heterocycles. The second kappa shape index (κ2) is 9.67. The Balaban J connectivity index is 1.47. The topological polar surface area (TPSA) is 61.4 Å². The zero-order valence-corrected chi connectivity index (χ0v) is 16.6. The van der Waals surface area contributed by atoms with Crippen molar-refractivity contribution in [1.82, 2.24) is 15.5 Å². The van der Waals surface area contributed by atoms with Crippen LogP contribution in [0.1, 0.15) is 44.9 Å². The van der Waals surface area contributed by atoms with Gasteiger partial charge in [-0.3, -0.25) is 14.5 Å². The summed E-state index contributed by atoms with van der Waals surface area (Å²) in [5.74, 6) is -0.377. The van der Waals surface area contributed by atoms with Crippen LogP contribution in [-0.4, -0.2) is 36.3 Å². The number of thiophene rings is 1. The van der Waals surface area contributed by atoms with Crippen molar-refractivity contribution in [3.8, 4) is 0 Å². The molecule has 27 heavy (non-hydrogen) atoms. The molecule has 2 aromatic rings. The molecule has 1 fully saturated rings. The Kier molecular flexibility index (Phi) is 7.01. The van der Waals surface area contributed by atoms with Crippen molar-refractivity contribution in [3.05, 3.63) is 57.3 Å². The van der Waals surface area contributed by atoms with E-state index >= 15 is 0 Å². The van der Waals surface area contributed by atoms with Crippen molar-refractivity contribution in [1.29, 1.82) is 0 Å². The van der Waals surface area contributed by atoms with Crippen LogP contribution < -0.4 is 10.6 Å². The fourth-order valence-electron chi connectivity index (χ4n) is 3.30. The lowest BCUT2D eigenvalue weighted by Gasteiger charge is -2.27. The number of nitrogens with zero attached hydrogens (tertiary/aromatic N) is 1. The Morgan fingerprint density at radius 1 is 1.00 bits per heavy atom. The summed E-state index contributed by atoms with van der Waals surface area (Å²) in [5, 5.41) is 5.60. The van der Waals surface area contributed by atoms with E-state index < -0.39 is 0 Å². The minimum atomic E-state index is -0.200. The molecular weight excluding hydrogens is 358 g/mol. The Morgan fingerprint density at radius 2 is 1.74 bits per heavy atom. The fraction of sp³-hybridized carbons (Fsp3) is 0.429. The zero-order chi connectivity index (χ0) is 19.1. The molecule has 144 valence electrons. The predicted molar refractivity (Wildman–Crippen MR) is 109 cm³/mol. The first-order chi connectivity index (χ1) is 13.1. The Labute approximate surface area is 164 Å². The minimum absolute atomic E-state index is 0.00985. The molecule has 0 bridgehead atoms. The van der Waals surface area contributed by atoms with E-state index in [0.717, 1.165) is 30.1 Å². The van der Waals surface area contributed by atoms with E-state index in [1.165, 1.54) is 36.2 Å². The van der Waals surface area contributed by atoms with E-state index in [1.54, 1.807) is 6.07 Å². The number of hydrogen-bond donors (Lipinski definition) is 2. The average molecular weight is 386 g/mol. The number of rotatable bonds is 7. The van der Waals surface area contributed by atoms with Crippen LogP contribution in [-0.2, 0) is 17.9 Å². The van der Waals surface area contributed by atoms with Crippen molar-refractivity contribution >= 4 is 23.2 Å². The summed E-state index contributed by atoms with van der Waals surface area (Å²) in [6, 6.07) is 11.9. The highest BCUT2D eigenvalue weighted by Crippen LogP contribution is 2.16. The molecule has 2 N–H and O–H groups in total. The molecule has 0 aliphatic carbocycles. The van der Waals surface area contributed by atoms with Crippen LogP contribution in [0.4, 0.5) is 0 Å². The average Bonchev–Trinajstić information content (AvgIpc) is 3.13. The van der Waals surface area contributed by atoms with Crippen LogP contribution in [0.3, 0.4) is 0 Å². The van der Waals surface area contributed by atoms with Gasteiger partial charge < -0.3 is 10.6 Å². The molecule has 0 spiro atoms. The number of likely N-dealkylation sites (tertiary alicyclic amines) is 1. The molecule has 0 saturated carbocycles. The van der Waals surface area contributed by atoms with Gasteiger partial charge in [0.1, 0.15) is 0 Å². The van der Waals surface area contributed by atoms with E-state index in [2.05, 4.69) is 27.7 Å². The number of hydrogen-bond acceptors (Lipinski definition) is 4. The van der Waals surface area contributed by atoms with Gasteiger partial charge in [-0.25, -0.2) is 0 Å². The SMILES string of the molecule is Cc1ccc(C(=O)NCC(=O)NCc2ccccc2CN2CCCCC2)s1. The van der Waals surface area contributed by atoms with Gasteiger partial charge in [-0.15, -0.1) is 11.3 Å². The molecule has 0 atom stereocenters. The lowest BCUT2D eigenvalue weighted by atomic mass is 10.0. The first kappa shape index (κ1) is 19.6. The Bertz CT molecular complexity index is 781. The second-order valence-electron chi connectivity index (χ2n) is 6.98. The van der Waals surface area contributed by atoms with Crippen LogP contribution in [0.5, 0.6) is 0 Å². The summed E-state index contributed by atoms with van der Waals surface area (Å²) in [7, 11) is 0. The third kappa shape index (κ3) is 5.91. The molecular formula is C21H27N3O2S. The van der Waals surface area contributed by atoms with Crippen molar-refractivity contribution < 1.29 is 9.59 Å². The van der Waals surface area contributed by atoms with Crippen LogP contribution in [0.2, 0.25) is 0 Å². The number of amides is 2.